The highest BCUT2D eigenvalue weighted by Gasteiger charge is 2.25. The molecule has 1 N–H and O–H groups in total. The van der Waals surface area contributed by atoms with Crippen LogP contribution in [0, 0.1) is 0 Å². The second-order valence-electron chi connectivity index (χ2n) is 4.64. The summed E-state index contributed by atoms with van der Waals surface area (Å²) in [6.45, 7) is 3.11. The van der Waals surface area contributed by atoms with Gasteiger partial charge in [0.15, 0.2) is 0 Å². The molecule has 2 aromatic heterocycles. The highest BCUT2D eigenvalue weighted by molar-refractivity contribution is 7.10. The van der Waals surface area contributed by atoms with Gasteiger partial charge in [-0.15, -0.1) is 11.3 Å². The third-order valence-corrected chi connectivity index (χ3v) is 4.30. The van der Waals surface area contributed by atoms with Crippen molar-refractivity contribution in [1.82, 2.24) is 14.9 Å². The maximum Gasteiger partial charge on any atom is 0.0951 e. The molecule has 1 aliphatic rings. The maximum absolute atomic E-state index is 4.25. The van der Waals surface area contributed by atoms with Gasteiger partial charge in [-0.3, -0.25) is 0 Å². The molecule has 3 nitrogen and oxygen atoms in total. The number of imidazole rings is 1. The van der Waals surface area contributed by atoms with Gasteiger partial charge in [0.1, 0.15) is 0 Å². The van der Waals surface area contributed by atoms with Crippen LogP contribution < -0.4 is 5.32 Å². The zero-order valence-electron chi connectivity index (χ0n) is 9.97. The molecule has 1 aliphatic carbocycles. The first-order chi connectivity index (χ1) is 8.34. The van der Waals surface area contributed by atoms with Crippen molar-refractivity contribution in [1.29, 1.82) is 0 Å². The van der Waals surface area contributed by atoms with Crippen LogP contribution >= 0.6 is 11.3 Å². The Morgan fingerprint density at radius 2 is 2.47 bits per heavy atom. The molecular weight excluding hydrogens is 230 g/mol. The number of nitrogens with zero attached hydrogens (tertiary/aromatic N) is 2. The van der Waals surface area contributed by atoms with Gasteiger partial charge in [0.2, 0.25) is 0 Å². The van der Waals surface area contributed by atoms with Gasteiger partial charge in [-0.05, 0) is 31.2 Å². The Balaban J connectivity index is 1.61. The van der Waals surface area contributed by atoms with Gasteiger partial charge >= 0.3 is 0 Å². The van der Waals surface area contributed by atoms with Gasteiger partial charge < -0.3 is 9.88 Å². The smallest absolute Gasteiger partial charge is 0.0951 e. The first-order valence-corrected chi connectivity index (χ1v) is 7.00. The van der Waals surface area contributed by atoms with E-state index in [1.807, 2.05) is 12.5 Å². The first-order valence-electron chi connectivity index (χ1n) is 6.12. The van der Waals surface area contributed by atoms with Gasteiger partial charge in [0.25, 0.3) is 0 Å². The van der Waals surface area contributed by atoms with Crippen molar-refractivity contribution in [2.24, 2.45) is 0 Å². The van der Waals surface area contributed by atoms with Crippen molar-refractivity contribution in [3.05, 3.63) is 40.6 Å². The molecule has 0 saturated heterocycles. The van der Waals surface area contributed by atoms with E-state index in [9.17, 15) is 0 Å². The van der Waals surface area contributed by atoms with E-state index in [1.54, 1.807) is 11.3 Å². The molecule has 90 valence electrons. The summed E-state index contributed by atoms with van der Waals surface area (Å²) in [4.78, 5) is 5.64. The van der Waals surface area contributed by atoms with E-state index in [-0.39, 0.29) is 0 Å². The number of thiophene rings is 1. The average molecular weight is 247 g/mol. The fourth-order valence-electron chi connectivity index (χ4n) is 2.05. The van der Waals surface area contributed by atoms with Crippen LogP contribution in [0.4, 0.5) is 0 Å². The number of hydrogen-bond acceptors (Lipinski definition) is 3. The summed E-state index contributed by atoms with van der Waals surface area (Å²) < 4.78 is 2.31. The molecule has 1 atom stereocenters. The Morgan fingerprint density at radius 3 is 3.18 bits per heavy atom. The molecule has 0 aliphatic heterocycles. The summed E-state index contributed by atoms with van der Waals surface area (Å²) in [6, 6.07) is 5.41. The van der Waals surface area contributed by atoms with Crippen LogP contribution in [0.25, 0.3) is 0 Å². The largest absolute Gasteiger partial charge is 0.330 e. The van der Waals surface area contributed by atoms with E-state index in [1.165, 1.54) is 23.4 Å². The third-order valence-electron chi connectivity index (χ3n) is 3.25. The Bertz CT molecular complexity index is 471. The van der Waals surface area contributed by atoms with Crippen molar-refractivity contribution in [3.63, 3.8) is 0 Å². The van der Waals surface area contributed by atoms with Crippen LogP contribution in [0.2, 0.25) is 0 Å². The second kappa shape index (κ2) is 4.63. The van der Waals surface area contributed by atoms with Crippen LogP contribution in [0.15, 0.2) is 30.0 Å². The zero-order valence-corrected chi connectivity index (χ0v) is 10.8. The molecule has 4 heteroatoms. The minimum absolute atomic E-state index is 0.414. The van der Waals surface area contributed by atoms with Crippen molar-refractivity contribution in [3.8, 4) is 0 Å². The summed E-state index contributed by atoms with van der Waals surface area (Å²) in [5, 5.41) is 5.69. The molecule has 17 heavy (non-hydrogen) atoms. The van der Waals surface area contributed by atoms with E-state index in [0.717, 1.165) is 6.54 Å². The van der Waals surface area contributed by atoms with Crippen molar-refractivity contribution in [2.75, 3.05) is 0 Å². The van der Waals surface area contributed by atoms with Crippen LogP contribution in [0.1, 0.15) is 42.4 Å². The molecule has 0 aromatic carbocycles. The quantitative estimate of drug-likeness (QED) is 0.879. The highest BCUT2D eigenvalue weighted by atomic mass is 32.1. The van der Waals surface area contributed by atoms with E-state index in [2.05, 4.69) is 39.3 Å². The molecule has 2 heterocycles. The predicted molar refractivity (Wildman–Crippen MR) is 70.1 cm³/mol. The molecule has 1 saturated carbocycles. The minimum atomic E-state index is 0.414. The topological polar surface area (TPSA) is 29.9 Å². The number of rotatable bonds is 5. The van der Waals surface area contributed by atoms with Crippen molar-refractivity contribution < 1.29 is 0 Å². The van der Waals surface area contributed by atoms with Crippen LogP contribution in [-0.2, 0) is 6.54 Å². The van der Waals surface area contributed by atoms with E-state index in [4.69, 9.17) is 0 Å². The molecule has 2 aromatic rings. The lowest BCUT2D eigenvalue weighted by molar-refractivity contribution is 0.553. The van der Waals surface area contributed by atoms with E-state index < -0.39 is 0 Å². The molecule has 0 bridgehead atoms. The average Bonchev–Trinajstić information content (AvgIpc) is 2.87. The minimum Gasteiger partial charge on any atom is -0.330 e. The van der Waals surface area contributed by atoms with Crippen molar-refractivity contribution in [2.45, 2.75) is 38.4 Å². The summed E-state index contributed by atoms with van der Waals surface area (Å²) in [5.41, 5.74) is 1.30. The van der Waals surface area contributed by atoms with E-state index >= 15 is 0 Å². The molecule has 1 unspecified atom stereocenters. The summed E-state index contributed by atoms with van der Waals surface area (Å²) in [6.07, 6.45) is 6.56. The fraction of sp³-hybridized carbons (Fsp3) is 0.462. The van der Waals surface area contributed by atoms with Gasteiger partial charge in [-0.2, -0.15) is 0 Å². The molecular formula is C13H17N3S. The lowest BCUT2D eigenvalue weighted by Crippen LogP contribution is -2.19. The predicted octanol–water partition coefficient (Wildman–Crippen LogP) is 3.13. The number of aromatic nitrogens is 2. The molecule has 3 rings (SSSR count). The molecule has 0 radical (unpaired) electrons. The van der Waals surface area contributed by atoms with Gasteiger partial charge in [0.05, 0.1) is 12.0 Å². The fourth-order valence-corrected chi connectivity index (χ4v) is 2.81. The van der Waals surface area contributed by atoms with Crippen molar-refractivity contribution >= 4 is 11.3 Å². The SMILES string of the molecule is CC(NCc1cncn1C1CC1)c1cccs1. The lowest BCUT2D eigenvalue weighted by atomic mass is 10.2. The summed E-state index contributed by atoms with van der Waals surface area (Å²) in [7, 11) is 0. The Morgan fingerprint density at radius 1 is 1.59 bits per heavy atom. The van der Waals surface area contributed by atoms with Gasteiger partial charge in [-0.1, -0.05) is 6.07 Å². The molecule has 0 spiro atoms. The van der Waals surface area contributed by atoms with Crippen LogP contribution in [0.3, 0.4) is 0 Å². The summed E-state index contributed by atoms with van der Waals surface area (Å²) >= 11 is 1.81. The highest BCUT2D eigenvalue weighted by Crippen LogP contribution is 2.35. The normalized spacial score (nSPS) is 17.2. The third kappa shape index (κ3) is 2.42. The molecule has 0 amide bonds. The van der Waals surface area contributed by atoms with E-state index in [0.29, 0.717) is 12.1 Å². The van der Waals surface area contributed by atoms with Gasteiger partial charge in [0, 0.05) is 29.7 Å². The lowest BCUT2D eigenvalue weighted by Gasteiger charge is -2.13. The number of nitrogens with one attached hydrogen (secondary N) is 1. The van der Waals surface area contributed by atoms with Crippen LogP contribution in [0.5, 0.6) is 0 Å². The van der Waals surface area contributed by atoms with Crippen LogP contribution in [-0.4, -0.2) is 9.55 Å². The maximum atomic E-state index is 4.25. The Hall–Kier alpha value is -1.13. The monoisotopic (exact) mass is 247 g/mol. The number of hydrogen-bond donors (Lipinski definition) is 1. The molecule has 1 fully saturated rings. The standard InChI is InChI=1S/C13H17N3S/c1-10(13-3-2-6-17-13)15-8-12-7-14-9-16(12)11-4-5-11/h2-3,6-7,9-11,15H,4-5,8H2,1H3. The Kier molecular flexibility index (Phi) is 2.99. The Labute approximate surface area is 106 Å². The zero-order chi connectivity index (χ0) is 11.7. The van der Waals surface area contributed by atoms with Gasteiger partial charge in [-0.25, -0.2) is 4.98 Å². The second-order valence-corrected chi connectivity index (χ2v) is 5.62. The summed E-state index contributed by atoms with van der Waals surface area (Å²) in [5.74, 6) is 0. The first kappa shape index (κ1) is 11.0.